The molecule has 1 aromatic rings. The van der Waals surface area contributed by atoms with E-state index >= 15 is 0 Å². The van der Waals surface area contributed by atoms with E-state index in [2.05, 4.69) is 28.4 Å². The number of piperazine rings is 1. The van der Waals surface area contributed by atoms with Crippen molar-refractivity contribution in [3.8, 4) is 11.8 Å². The standard InChI is InChI=1S/C19H28N4O2/c1-15(2)19(3,14-20)21-18(24)13-22-9-11-23(12-10-22)16-5-7-17(25-4)8-6-16/h5-8,15H,9-13H2,1-4H3,(H,21,24)/p+1/t19-/m0/s1. The van der Waals surface area contributed by atoms with Crippen molar-refractivity contribution < 1.29 is 14.4 Å². The molecule has 25 heavy (non-hydrogen) atoms. The summed E-state index contributed by atoms with van der Waals surface area (Å²) in [6, 6.07) is 10.3. The summed E-state index contributed by atoms with van der Waals surface area (Å²) in [5.41, 5.74) is 0.378. The smallest absolute Gasteiger partial charge is 0.276 e. The van der Waals surface area contributed by atoms with Crippen LogP contribution in [0.1, 0.15) is 20.8 Å². The van der Waals surface area contributed by atoms with E-state index in [0.717, 1.165) is 31.9 Å². The van der Waals surface area contributed by atoms with E-state index in [1.165, 1.54) is 10.6 Å². The van der Waals surface area contributed by atoms with Crippen molar-refractivity contribution in [1.82, 2.24) is 5.32 Å². The van der Waals surface area contributed by atoms with Crippen molar-refractivity contribution in [2.24, 2.45) is 5.92 Å². The zero-order chi connectivity index (χ0) is 18.4. The predicted octanol–water partition coefficient (Wildman–Crippen LogP) is 0.455. The fourth-order valence-electron chi connectivity index (χ4n) is 2.91. The molecule has 0 radical (unpaired) electrons. The summed E-state index contributed by atoms with van der Waals surface area (Å²) in [4.78, 5) is 15.9. The highest BCUT2D eigenvalue weighted by atomic mass is 16.5. The summed E-state index contributed by atoms with van der Waals surface area (Å²) in [5.74, 6) is 0.879. The number of nitriles is 1. The maximum Gasteiger partial charge on any atom is 0.276 e. The Hall–Kier alpha value is -2.26. The zero-order valence-corrected chi connectivity index (χ0v) is 15.6. The third-order valence-corrected chi connectivity index (χ3v) is 5.10. The van der Waals surface area contributed by atoms with Crippen molar-refractivity contribution in [3.05, 3.63) is 24.3 Å². The van der Waals surface area contributed by atoms with Crippen LogP contribution in [-0.4, -0.2) is 51.3 Å². The molecule has 0 spiro atoms. The van der Waals surface area contributed by atoms with Crippen LogP contribution in [0.5, 0.6) is 5.75 Å². The number of nitrogens with zero attached hydrogens (tertiary/aromatic N) is 2. The number of quaternary nitrogens is 1. The minimum atomic E-state index is -0.804. The van der Waals surface area contributed by atoms with Crippen LogP contribution in [-0.2, 0) is 4.79 Å². The highest BCUT2D eigenvalue weighted by Crippen LogP contribution is 2.19. The van der Waals surface area contributed by atoms with Crippen LogP contribution in [0.15, 0.2) is 24.3 Å². The molecule has 0 bridgehead atoms. The largest absolute Gasteiger partial charge is 0.497 e. The Kier molecular flexibility index (Phi) is 6.27. The van der Waals surface area contributed by atoms with Crippen LogP contribution >= 0.6 is 0 Å². The lowest BCUT2D eigenvalue weighted by molar-refractivity contribution is -0.892. The van der Waals surface area contributed by atoms with Crippen LogP contribution in [0.2, 0.25) is 0 Å². The van der Waals surface area contributed by atoms with Crippen molar-refractivity contribution in [3.63, 3.8) is 0 Å². The summed E-state index contributed by atoms with van der Waals surface area (Å²) in [5, 5.41) is 12.2. The molecule has 6 nitrogen and oxygen atoms in total. The first-order chi connectivity index (χ1) is 11.9. The molecule has 1 atom stereocenters. The van der Waals surface area contributed by atoms with E-state index in [9.17, 15) is 10.1 Å². The Morgan fingerprint density at radius 3 is 2.44 bits per heavy atom. The van der Waals surface area contributed by atoms with E-state index < -0.39 is 5.54 Å². The van der Waals surface area contributed by atoms with Gasteiger partial charge in [0.2, 0.25) is 0 Å². The van der Waals surface area contributed by atoms with E-state index in [1.807, 2.05) is 26.0 Å². The summed E-state index contributed by atoms with van der Waals surface area (Å²) >= 11 is 0. The van der Waals surface area contributed by atoms with E-state index in [0.29, 0.717) is 6.54 Å². The number of rotatable bonds is 6. The number of hydrogen-bond acceptors (Lipinski definition) is 4. The molecule has 1 amide bonds. The third kappa shape index (κ3) is 4.86. The molecule has 0 unspecified atom stereocenters. The highest BCUT2D eigenvalue weighted by Gasteiger charge is 2.31. The molecule has 1 aliphatic heterocycles. The molecule has 1 aliphatic rings. The number of carbonyl (C=O) groups excluding carboxylic acids is 1. The third-order valence-electron chi connectivity index (χ3n) is 5.10. The number of amides is 1. The number of nitrogens with one attached hydrogen (secondary N) is 2. The van der Waals surface area contributed by atoms with Gasteiger partial charge in [-0.1, -0.05) is 13.8 Å². The van der Waals surface area contributed by atoms with E-state index in [1.54, 1.807) is 14.0 Å². The molecule has 1 saturated heterocycles. The first-order valence-electron chi connectivity index (χ1n) is 8.83. The van der Waals surface area contributed by atoms with Gasteiger partial charge in [0.1, 0.15) is 11.3 Å². The Balaban J connectivity index is 1.83. The molecule has 1 aromatic carbocycles. The first-order valence-corrected chi connectivity index (χ1v) is 8.83. The van der Waals surface area contributed by atoms with Gasteiger partial charge in [0, 0.05) is 5.69 Å². The first kappa shape index (κ1) is 19.1. The van der Waals surface area contributed by atoms with Gasteiger partial charge < -0.3 is 19.9 Å². The molecular weight excluding hydrogens is 316 g/mol. The molecule has 1 fully saturated rings. The SMILES string of the molecule is COc1ccc(N2CC[NH+](CC(=O)N[C@@](C)(C#N)C(C)C)CC2)cc1. The monoisotopic (exact) mass is 345 g/mol. The Morgan fingerprint density at radius 2 is 1.96 bits per heavy atom. The highest BCUT2D eigenvalue weighted by molar-refractivity contribution is 5.78. The second-order valence-corrected chi connectivity index (χ2v) is 7.13. The lowest BCUT2D eigenvalue weighted by Crippen LogP contribution is -3.16. The number of methoxy groups -OCH3 is 1. The van der Waals surface area contributed by atoms with Gasteiger partial charge in [-0.15, -0.1) is 0 Å². The van der Waals surface area contributed by atoms with Crippen molar-refractivity contribution in [1.29, 1.82) is 5.26 Å². The van der Waals surface area contributed by atoms with Gasteiger partial charge in [-0.05, 0) is 37.1 Å². The summed E-state index contributed by atoms with van der Waals surface area (Å²) < 4.78 is 5.19. The molecule has 0 aliphatic carbocycles. The van der Waals surface area contributed by atoms with Crippen molar-refractivity contribution in [2.75, 3.05) is 44.7 Å². The van der Waals surface area contributed by atoms with Gasteiger partial charge in [0.15, 0.2) is 6.54 Å². The molecule has 136 valence electrons. The summed E-state index contributed by atoms with van der Waals surface area (Å²) in [6.07, 6.45) is 0. The molecule has 2 rings (SSSR count). The quantitative estimate of drug-likeness (QED) is 0.786. The minimum Gasteiger partial charge on any atom is -0.497 e. The normalized spacial score (nSPS) is 17.7. The van der Waals surface area contributed by atoms with Crippen LogP contribution in [0, 0.1) is 17.2 Å². The number of hydrogen-bond donors (Lipinski definition) is 2. The van der Waals surface area contributed by atoms with Crippen molar-refractivity contribution >= 4 is 11.6 Å². The average molecular weight is 345 g/mol. The maximum atomic E-state index is 12.3. The van der Waals surface area contributed by atoms with Crippen LogP contribution in [0.25, 0.3) is 0 Å². The van der Waals surface area contributed by atoms with E-state index in [-0.39, 0.29) is 11.8 Å². The van der Waals surface area contributed by atoms with Crippen molar-refractivity contribution in [2.45, 2.75) is 26.3 Å². The fraction of sp³-hybridized carbons (Fsp3) is 0.579. The summed E-state index contributed by atoms with van der Waals surface area (Å²) in [7, 11) is 1.67. The van der Waals surface area contributed by atoms with Gasteiger partial charge in [-0.3, -0.25) is 4.79 Å². The van der Waals surface area contributed by atoms with Gasteiger partial charge in [-0.25, -0.2) is 0 Å². The maximum absolute atomic E-state index is 12.3. The number of carbonyl (C=O) groups is 1. The number of benzene rings is 1. The summed E-state index contributed by atoms with van der Waals surface area (Å²) in [6.45, 7) is 9.74. The number of anilines is 1. The van der Waals surface area contributed by atoms with E-state index in [4.69, 9.17) is 4.74 Å². The lowest BCUT2D eigenvalue weighted by Gasteiger charge is -2.34. The molecular formula is C19H29N4O2+. The lowest BCUT2D eigenvalue weighted by atomic mass is 9.90. The zero-order valence-electron chi connectivity index (χ0n) is 15.6. The average Bonchev–Trinajstić information content (AvgIpc) is 2.62. The van der Waals surface area contributed by atoms with Gasteiger partial charge in [0.25, 0.3) is 5.91 Å². The van der Waals surface area contributed by atoms with Crippen LogP contribution < -0.4 is 19.9 Å². The Morgan fingerprint density at radius 1 is 1.36 bits per heavy atom. The van der Waals surface area contributed by atoms with Crippen LogP contribution in [0.4, 0.5) is 5.69 Å². The van der Waals surface area contributed by atoms with Gasteiger partial charge in [-0.2, -0.15) is 5.26 Å². The number of ether oxygens (including phenoxy) is 1. The minimum absolute atomic E-state index is 0.0503. The molecule has 1 heterocycles. The predicted molar refractivity (Wildman–Crippen MR) is 97.8 cm³/mol. The fourth-order valence-corrected chi connectivity index (χ4v) is 2.91. The van der Waals surface area contributed by atoms with Crippen LogP contribution in [0.3, 0.4) is 0 Å². The van der Waals surface area contributed by atoms with Gasteiger partial charge >= 0.3 is 0 Å². The second-order valence-electron chi connectivity index (χ2n) is 7.13. The molecule has 0 aromatic heterocycles. The molecule has 2 N–H and O–H groups in total. The molecule has 6 heteroatoms. The Labute approximate surface area is 150 Å². The Bertz CT molecular complexity index is 615. The molecule has 0 saturated carbocycles. The van der Waals surface area contributed by atoms with Gasteiger partial charge in [0.05, 0.1) is 39.4 Å². The second kappa shape index (κ2) is 8.21. The topological polar surface area (TPSA) is 69.8 Å².